The number of pyridine rings is 1. The van der Waals surface area contributed by atoms with Crippen LogP contribution in [0.2, 0.25) is 0 Å². The van der Waals surface area contributed by atoms with Crippen LogP contribution >= 0.6 is 11.3 Å². The molecule has 4 heterocycles. The number of carbonyl (C=O) groups excluding carboxylic acids is 1. The van der Waals surface area contributed by atoms with E-state index >= 15 is 0 Å². The van der Waals surface area contributed by atoms with Gasteiger partial charge in [0.05, 0.1) is 16.6 Å². The molecule has 0 saturated carbocycles. The van der Waals surface area contributed by atoms with Crippen molar-refractivity contribution in [3.8, 4) is 10.6 Å². The normalized spacial score (nSPS) is 17.8. The third-order valence-electron chi connectivity index (χ3n) is 6.20. The maximum absolute atomic E-state index is 13.1. The molecule has 1 atom stereocenters. The second kappa shape index (κ2) is 8.72. The number of fused-ring (bicyclic) bond motifs is 1. The van der Waals surface area contributed by atoms with Crippen LogP contribution in [0.3, 0.4) is 0 Å². The molecule has 3 aromatic heterocycles. The molecule has 1 aromatic carbocycles. The molecule has 0 radical (unpaired) electrons. The van der Waals surface area contributed by atoms with Gasteiger partial charge in [-0.2, -0.15) is 0 Å². The molecule has 1 fully saturated rings. The number of nitrogens with zero attached hydrogens (tertiary/aromatic N) is 3. The van der Waals surface area contributed by atoms with E-state index in [4.69, 9.17) is 4.74 Å². The molecule has 1 aliphatic heterocycles. The summed E-state index contributed by atoms with van der Waals surface area (Å²) in [4.78, 5) is 22.2. The molecule has 170 valence electrons. The molecule has 0 bridgehead atoms. The highest BCUT2D eigenvalue weighted by Gasteiger charge is 2.30. The fraction of sp³-hybridized carbons (Fsp3) is 0.346. The number of hydrogen-bond acceptors (Lipinski definition) is 5. The largest absolute Gasteiger partial charge is 0.375 e. The standard InChI is InChI=1S/C26H28N4O2S/c1-26(2)16-20(9-12-32-26)28-24(31)22-15-19(23-21(29-22)8-11-30(23)3)14-17-4-6-18(7-5-17)25-27-10-13-33-25/h4-8,10-11,13,15,20H,9,12,14,16H2,1-3H3,(H,28,31). The van der Waals surface area contributed by atoms with Crippen molar-refractivity contribution in [2.45, 2.75) is 44.8 Å². The lowest BCUT2D eigenvalue weighted by Gasteiger charge is -2.35. The number of benzene rings is 1. The number of aromatic nitrogens is 3. The summed E-state index contributed by atoms with van der Waals surface area (Å²) in [6.45, 7) is 4.79. The SMILES string of the molecule is Cn1ccc2nc(C(=O)NC3CCOC(C)(C)C3)cc(Cc3ccc(-c4nccs4)cc3)c21. The quantitative estimate of drug-likeness (QED) is 0.456. The minimum atomic E-state index is -0.219. The van der Waals surface area contributed by atoms with Gasteiger partial charge in [-0.25, -0.2) is 9.97 Å². The van der Waals surface area contributed by atoms with Gasteiger partial charge in [-0.1, -0.05) is 24.3 Å². The van der Waals surface area contributed by atoms with Crippen LogP contribution < -0.4 is 5.32 Å². The Labute approximate surface area is 197 Å². The lowest BCUT2D eigenvalue weighted by Crippen LogP contribution is -2.46. The molecule has 0 aliphatic carbocycles. The summed E-state index contributed by atoms with van der Waals surface area (Å²) >= 11 is 1.63. The van der Waals surface area contributed by atoms with E-state index in [9.17, 15) is 4.79 Å². The molecular weight excluding hydrogens is 432 g/mol. The monoisotopic (exact) mass is 460 g/mol. The van der Waals surface area contributed by atoms with E-state index in [-0.39, 0.29) is 17.6 Å². The smallest absolute Gasteiger partial charge is 0.270 e. The van der Waals surface area contributed by atoms with Crippen molar-refractivity contribution in [2.24, 2.45) is 7.05 Å². The van der Waals surface area contributed by atoms with E-state index in [1.165, 1.54) is 5.56 Å². The average molecular weight is 461 g/mol. The van der Waals surface area contributed by atoms with Crippen molar-refractivity contribution >= 4 is 28.3 Å². The highest BCUT2D eigenvalue weighted by Crippen LogP contribution is 2.27. The number of nitrogens with one attached hydrogen (secondary N) is 1. The molecule has 1 saturated heterocycles. The number of rotatable bonds is 5. The van der Waals surface area contributed by atoms with E-state index in [0.717, 1.165) is 46.4 Å². The van der Waals surface area contributed by atoms with Crippen molar-refractivity contribution in [1.82, 2.24) is 19.9 Å². The Balaban J connectivity index is 1.41. The Morgan fingerprint density at radius 2 is 2.09 bits per heavy atom. The van der Waals surface area contributed by atoms with Gasteiger partial charge in [-0.15, -0.1) is 11.3 Å². The van der Waals surface area contributed by atoms with Gasteiger partial charge in [0, 0.05) is 43.0 Å². The van der Waals surface area contributed by atoms with Crippen molar-refractivity contribution in [1.29, 1.82) is 0 Å². The number of thiazole rings is 1. The van der Waals surface area contributed by atoms with Gasteiger partial charge in [0.15, 0.2) is 0 Å². The maximum atomic E-state index is 13.1. The first-order chi connectivity index (χ1) is 15.9. The minimum absolute atomic E-state index is 0.0939. The summed E-state index contributed by atoms with van der Waals surface area (Å²) in [7, 11) is 2.02. The zero-order valence-corrected chi connectivity index (χ0v) is 20.0. The van der Waals surface area contributed by atoms with Crippen molar-refractivity contribution < 1.29 is 9.53 Å². The predicted molar refractivity (Wildman–Crippen MR) is 132 cm³/mol. The predicted octanol–water partition coefficient (Wildman–Crippen LogP) is 4.98. The van der Waals surface area contributed by atoms with Crippen LogP contribution in [0.4, 0.5) is 0 Å². The highest BCUT2D eigenvalue weighted by molar-refractivity contribution is 7.13. The summed E-state index contributed by atoms with van der Waals surface area (Å²) in [5.74, 6) is -0.121. The van der Waals surface area contributed by atoms with Crippen LogP contribution in [-0.4, -0.2) is 38.7 Å². The number of hydrogen-bond donors (Lipinski definition) is 1. The lowest BCUT2D eigenvalue weighted by atomic mass is 9.94. The van der Waals surface area contributed by atoms with Gasteiger partial charge < -0.3 is 14.6 Å². The summed E-state index contributed by atoms with van der Waals surface area (Å²) in [5, 5.41) is 6.19. The third-order valence-corrected chi connectivity index (χ3v) is 7.02. The Bertz CT molecular complexity index is 1280. The summed E-state index contributed by atoms with van der Waals surface area (Å²) in [5.41, 5.74) is 5.53. The lowest BCUT2D eigenvalue weighted by molar-refractivity contribution is -0.0615. The fourth-order valence-electron chi connectivity index (χ4n) is 4.61. The van der Waals surface area contributed by atoms with E-state index in [1.807, 2.05) is 37.0 Å². The first-order valence-electron chi connectivity index (χ1n) is 11.3. The van der Waals surface area contributed by atoms with Gasteiger partial charge in [0.1, 0.15) is 10.7 Å². The summed E-state index contributed by atoms with van der Waals surface area (Å²) in [6.07, 6.45) is 6.16. The Morgan fingerprint density at radius 1 is 1.27 bits per heavy atom. The zero-order chi connectivity index (χ0) is 23.0. The molecule has 7 heteroatoms. The van der Waals surface area contributed by atoms with Gasteiger partial charge in [0.25, 0.3) is 5.91 Å². The van der Waals surface area contributed by atoms with Crippen molar-refractivity contribution in [3.63, 3.8) is 0 Å². The molecule has 1 aliphatic rings. The second-order valence-corrected chi connectivity index (χ2v) is 10.2. The van der Waals surface area contributed by atoms with Gasteiger partial charge in [0.2, 0.25) is 0 Å². The minimum Gasteiger partial charge on any atom is -0.375 e. The van der Waals surface area contributed by atoms with Crippen molar-refractivity contribution in [2.75, 3.05) is 6.61 Å². The zero-order valence-electron chi connectivity index (χ0n) is 19.2. The van der Waals surface area contributed by atoms with E-state index < -0.39 is 0 Å². The second-order valence-electron chi connectivity index (χ2n) is 9.31. The molecule has 5 rings (SSSR count). The van der Waals surface area contributed by atoms with Gasteiger partial charge >= 0.3 is 0 Å². The number of ether oxygens (including phenoxy) is 1. The molecule has 1 N–H and O–H groups in total. The fourth-order valence-corrected chi connectivity index (χ4v) is 5.25. The molecule has 4 aromatic rings. The van der Waals surface area contributed by atoms with Crippen LogP contribution in [-0.2, 0) is 18.2 Å². The number of aryl methyl sites for hydroxylation is 1. The summed E-state index contributed by atoms with van der Waals surface area (Å²) < 4.78 is 7.86. The Hall–Kier alpha value is -3.03. The molecule has 1 amide bonds. The summed E-state index contributed by atoms with van der Waals surface area (Å²) in [6, 6.07) is 12.5. The average Bonchev–Trinajstić information content (AvgIpc) is 3.44. The molecule has 0 spiro atoms. The molecule has 6 nitrogen and oxygen atoms in total. The molecule has 33 heavy (non-hydrogen) atoms. The first kappa shape index (κ1) is 21.8. The number of carbonyl (C=O) groups is 1. The Kier molecular flexibility index (Phi) is 5.76. The van der Waals surface area contributed by atoms with E-state index in [1.54, 1.807) is 11.3 Å². The third kappa shape index (κ3) is 4.70. The van der Waals surface area contributed by atoms with Crippen LogP contribution in [0, 0.1) is 0 Å². The van der Waals surface area contributed by atoms with Crippen LogP contribution in [0.5, 0.6) is 0 Å². The molecule has 1 unspecified atom stereocenters. The Morgan fingerprint density at radius 3 is 2.82 bits per heavy atom. The highest BCUT2D eigenvalue weighted by atomic mass is 32.1. The maximum Gasteiger partial charge on any atom is 0.270 e. The van der Waals surface area contributed by atoms with Crippen LogP contribution in [0.25, 0.3) is 21.6 Å². The van der Waals surface area contributed by atoms with Gasteiger partial charge in [-0.05, 0) is 56.4 Å². The van der Waals surface area contributed by atoms with E-state index in [0.29, 0.717) is 12.3 Å². The van der Waals surface area contributed by atoms with Crippen molar-refractivity contribution in [3.05, 3.63) is 71.0 Å². The van der Waals surface area contributed by atoms with Crippen LogP contribution in [0.15, 0.2) is 54.2 Å². The topological polar surface area (TPSA) is 69.0 Å². The van der Waals surface area contributed by atoms with Crippen LogP contribution in [0.1, 0.15) is 48.3 Å². The first-order valence-corrected chi connectivity index (χ1v) is 12.1. The molecular formula is C26H28N4O2S. The van der Waals surface area contributed by atoms with Gasteiger partial charge in [-0.3, -0.25) is 4.79 Å². The number of amides is 1. The van der Waals surface area contributed by atoms with E-state index in [2.05, 4.69) is 58.0 Å².